The van der Waals surface area contributed by atoms with Gasteiger partial charge < -0.3 is 4.43 Å². The number of unbranched alkanes of at least 4 members (excludes halogenated alkanes) is 2. The first-order valence-corrected chi connectivity index (χ1v) is 15.7. The first-order valence-electron chi connectivity index (χ1n) is 12.8. The second-order valence-electron chi connectivity index (χ2n) is 11.5. The maximum Gasteiger partial charge on any atom is 0.192 e. The van der Waals surface area contributed by atoms with Gasteiger partial charge in [-0.25, -0.2) is 4.39 Å². The Labute approximate surface area is 203 Å². The topological polar surface area (TPSA) is 22.1 Å². The van der Waals surface area contributed by atoms with Crippen molar-refractivity contribution >= 4 is 8.32 Å². The molecular weight excluding hydrogens is 425 g/mol. The molecule has 1 aromatic carbocycles. The van der Waals surface area contributed by atoms with Gasteiger partial charge in [0.1, 0.15) is 5.82 Å². The number of benzene rings is 1. The maximum atomic E-state index is 13.9. The summed E-state index contributed by atoms with van der Waals surface area (Å²) in [4.78, 5) is 5.28. The van der Waals surface area contributed by atoms with Crippen molar-refractivity contribution in [2.45, 2.75) is 118 Å². The zero-order valence-corrected chi connectivity index (χ0v) is 23.7. The average Bonchev–Trinajstić information content (AvgIpc) is 2.71. The maximum absolute atomic E-state index is 13.9. The molecular formula is C29H46FNOSi. The van der Waals surface area contributed by atoms with Crippen LogP contribution in [0.2, 0.25) is 18.1 Å². The van der Waals surface area contributed by atoms with Crippen molar-refractivity contribution in [2.75, 3.05) is 0 Å². The monoisotopic (exact) mass is 471 g/mol. The van der Waals surface area contributed by atoms with E-state index < -0.39 is 8.32 Å². The van der Waals surface area contributed by atoms with Crippen LogP contribution in [0.15, 0.2) is 24.3 Å². The fourth-order valence-corrected chi connectivity index (χ4v) is 4.98. The van der Waals surface area contributed by atoms with Crippen LogP contribution in [0.4, 0.5) is 4.39 Å². The summed E-state index contributed by atoms with van der Waals surface area (Å²) in [5.74, 6) is 0.408. The number of nitrogens with zero attached hydrogens (tertiary/aromatic N) is 1. The van der Waals surface area contributed by atoms with Gasteiger partial charge in [-0.1, -0.05) is 80.4 Å². The lowest BCUT2D eigenvalue weighted by atomic mass is 9.85. The number of aromatic nitrogens is 1. The van der Waals surface area contributed by atoms with Gasteiger partial charge in [-0.3, -0.25) is 4.98 Å². The van der Waals surface area contributed by atoms with Crippen LogP contribution in [0.1, 0.15) is 109 Å². The Morgan fingerprint density at radius 1 is 0.909 bits per heavy atom. The van der Waals surface area contributed by atoms with Gasteiger partial charge in [-0.15, -0.1) is 0 Å². The fourth-order valence-electron chi connectivity index (χ4n) is 4.04. The van der Waals surface area contributed by atoms with Crippen molar-refractivity contribution in [3.8, 4) is 11.1 Å². The van der Waals surface area contributed by atoms with Crippen molar-refractivity contribution in [3.05, 3.63) is 52.6 Å². The first kappa shape index (κ1) is 27.7. The second-order valence-corrected chi connectivity index (χ2v) is 16.3. The molecule has 2 aromatic rings. The van der Waals surface area contributed by atoms with E-state index in [2.05, 4.69) is 68.5 Å². The number of hydrogen-bond donors (Lipinski definition) is 0. The standard InChI is InChI=1S/C29H46FNOSi/c1-11-12-13-14-24-26(22-15-17-23(30)18-16-22)25(19-32-33(9,10)29(6,7)8)28(21(4)5)31-27(24)20(2)3/h15-18,20-21H,11-14,19H2,1-10H3. The molecule has 0 bridgehead atoms. The van der Waals surface area contributed by atoms with Gasteiger partial charge in [0.05, 0.1) is 6.61 Å². The molecule has 0 atom stereocenters. The van der Waals surface area contributed by atoms with Gasteiger partial charge in [0.25, 0.3) is 0 Å². The molecule has 0 spiro atoms. The Morgan fingerprint density at radius 2 is 1.45 bits per heavy atom. The van der Waals surface area contributed by atoms with Crippen LogP contribution in [0.25, 0.3) is 11.1 Å². The predicted octanol–water partition coefficient (Wildman–Crippen LogP) is 9.39. The Balaban J connectivity index is 2.79. The molecule has 0 aliphatic rings. The molecule has 0 amide bonds. The molecule has 2 rings (SSSR count). The molecule has 0 fully saturated rings. The largest absolute Gasteiger partial charge is 0.412 e. The molecule has 4 heteroatoms. The molecule has 0 N–H and O–H groups in total. The summed E-state index contributed by atoms with van der Waals surface area (Å²) < 4.78 is 20.6. The molecule has 1 aromatic heterocycles. The number of pyridine rings is 1. The summed E-state index contributed by atoms with van der Waals surface area (Å²) >= 11 is 0. The summed E-state index contributed by atoms with van der Waals surface area (Å²) in [6, 6.07) is 7.01. The molecule has 33 heavy (non-hydrogen) atoms. The zero-order chi connectivity index (χ0) is 25.0. The Hall–Kier alpha value is -1.52. The lowest BCUT2D eigenvalue weighted by Crippen LogP contribution is -2.40. The number of hydrogen-bond acceptors (Lipinski definition) is 2. The Bertz CT molecular complexity index is 911. The highest BCUT2D eigenvalue weighted by molar-refractivity contribution is 6.74. The highest BCUT2D eigenvalue weighted by Gasteiger charge is 2.37. The molecule has 2 nitrogen and oxygen atoms in total. The van der Waals surface area contributed by atoms with Gasteiger partial charge in [-0.05, 0) is 71.6 Å². The summed E-state index contributed by atoms with van der Waals surface area (Å²) in [5, 5.41) is 0.135. The van der Waals surface area contributed by atoms with Gasteiger partial charge in [-0.2, -0.15) is 0 Å². The summed E-state index contributed by atoms with van der Waals surface area (Å²) in [6.45, 7) is 23.1. The van der Waals surface area contributed by atoms with E-state index in [1.165, 1.54) is 35.2 Å². The minimum Gasteiger partial charge on any atom is -0.412 e. The highest BCUT2D eigenvalue weighted by Crippen LogP contribution is 2.41. The van der Waals surface area contributed by atoms with E-state index in [0.29, 0.717) is 12.5 Å². The van der Waals surface area contributed by atoms with Gasteiger partial charge in [0, 0.05) is 17.0 Å². The second kappa shape index (κ2) is 11.3. The fraction of sp³-hybridized carbons (Fsp3) is 0.621. The van der Waals surface area contributed by atoms with Crippen molar-refractivity contribution in [1.82, 2.24) is 4.98 Å². The average molecular weight is 472 g/mol. The van der Waals surface area contributed by atoms with Crippen LogP contribution in [0.3, 0.4) is 0 Å². The molecule has 0 aliphatic heterocycles. The van der Waals surface area contributed by atoms with Gasteiger partial charge >= 0.3 is 0 Å². The third kappa shape index (κ3) is 6.76. The Morgan fingerprint density at radius 3 is 1.94 bits per heavy atom. The van der Waals surface area contributed by atoms with E-state index >= 15 is 0 Å². The van der Waals surface area contributed by atoms with Crippen LogP contribution < -0.4 is 0 Å². The molecule has 0 saturated heterocycles. The minimum atomic E-state index is -1.95. The Kier molecular flexibility index (Phi) is 9.47. The molecule has 0 aliphatic carbocycles. The van der Waals surface area contributed by atoms with Crippen molar-refractivity contribution in [1.29, 1.82) is 0 Å². The molecule has 0 saturated carbocycles. The molecule has 1 heterocycles. The van der Waals surface area contributed by atoms with Crippen LogP contribution in [-0.2, 0) is 17.5 Å². The third-order valence-electron chi connectivity index (χ3n) is 7.10. The van der Waals surface area contributed by atoms with Crippen molar-refractivity contribution in [2.24, 2.45) is 0 Å². The molecule has 0 radical (unpaired) electrons. The van der Waals surface area contributed by atoms with Crippen LogP contribution in [0.5, 0.6) is 0 Å². The summed E-state index contributed by atoms with van der Waals surface area (Å²) in [5.41, 5.74) is 7.12. The number of rotatable bonds is 10. The van der Waals surface area contributed by atoms with Gasteiger partial charge in [0.15, 0.2) is 8.32 Å². The lowest BCUT2D eigenvalue weighted by molar-refractivity contribution is 0.274. The van der Waals surface area contributed by atoms with Gasteiger partial charge in [0.2, 0.25) is 0 Å². The smallest absolute Gasteiger partial charge is 0.192 e. The van der Waals surface area contributed by atoms with E-state index in [0.717, 1.165) is 24.1 Å². The molecule has 0 unspecified atom stereocenters. The first-order chi connectivity index (χ1) is 15.3. The summed E-state index contributed by atoms with van der Waals surface area (Å²) in [7, 11) is -1.95. The van der Waals surface area contributed by atoms with E-state index in [-0.39, 0.29) is 16.8 Å². The van der Waals surface area contributed by atoms with Crippen molar-refractivity contribution in [3.63, 3.8) is 0 Å². The minimum absolute atomic E-state index is 0.135. The quantitative estimate of drug-likeness (QED) is 0.254. The van der Waals surface area contributed by atoms with E-state index in [1.807, 2.05) is 12.1 Å². The van der Waals surface area contributed by atoms with Crippen molar-refractivity contribution < 1.29 is 8.82 Å². The van der Waals surface area contributed by atoms with Crippen LogP contribution in [0, 0.1) is 5.82 Å². The van der Waals surface area contributed by atoms with E-state index in [4.69, 9.17) is 9.41 Å². The van der Waals surface area contributed by atoms with Crippen LogP contribution >= 0.6 is 0 Å². The normalized spacial score (nSPS) is 12.8. The SMILES string of the molecule is CCCCCc1c(C(C)C)nc(C(C)C)c(CO[Si](C)(C)C(C)(C)C)c1-c1ccc(F)cc1. The lowest BCUT2D eigenvalue weighted by Gasteiger charge is -2.37. The summed E-state index contributed by atoms with van der Waals surface area (Å²) in [6.07, 6.45) is 4.51. The van der Waals surface area contributed by atoms with E-state index in [1.54, 1.807) is 12.1 Å². The third-order valence-corrected chi connectivity index (χ3v) is 11.6. The molecule has 184 valence electrons. The zero-order valence-electron chi connectivity index (χ0n) is 22.7. The van der Waals surface area contributed by atoms with Crippen LogP contribution in [-0.4, -0.2) is 13.3 Å². The van der Waals surface area contributed by atoms with E-state index in [9.17, 15) is 4.39 Å². The predicted molar refractivity (Wildman–Crippen MR) is 143 cm³/mol. The number of halogens is 1. The highest BCUT2D eigenvalue weighted by atomic mass is 28.4.